The van der Waals surface area contributed by atoms with Crippen LogP contribution in [-0.2, 0) is 4.79 Å². The van der Waals surface area contributed by atoms with E-state index in [0.29, 0.717) is 18.2 Å². The van der Waals surface area contributed by atoms with E-state index in [0.717, 1.165) is 18.5 Å². The van der Waals surface area contributed by atoms with Gasteiger partial charge in [-0.15, -0.1) is 0 Å². The van der Waals surface area contributed by atoms with Gasteiger partial charge in [-0.1, -0.05) is 18.2 Å². The summed E-state index contributed by atoms with van der Waals surface area (Å²) in [7, 11) is 0. The molecule has 0 spiro atoms. The standard InChI is InChI=1S/C18H22N4O2/c1-18(2,19)17(23)22-10-6-9-15(22)14-11-20-12-16(21-14)24-13-7-4-3-5-8-13/h3-5,7-8,11-12,15H,6,9-10,19H2,1-2H3/t15-/m0/s1. The zero-order valence-electron chi connectivity index (χ0n) is 14.0. The Labute approximate surface area is 141 Å². The molecule has 0 unspecified atom stereocenters. The summed E-state index contributed by atoms with van der Waals surface area (Å²) in [6.07, 6.45) is 5.05. The summed E-state index contributed by atoms with van der Waals surface area (Å²) >= 11 is 0. The van der Waals surface area contributed by atoms with Crippen molar-refractivity contribution >= 4 is 5.91 Å². The molecule has 24 heavy (non-hydrogen) atoms. The molecule has 1 aromatic heterocycles. The van der Waals surface area contributed by atoms with Crippen molar-refractivity contribution in [1.29, 1.82) is 0 Å². The van der Waals surface area contributed by atoms with E-state index in [1.54, 1.807) is 31.1 Å². The van der Waals surface area contributed by atoms with Crippen LogP contribution in [-0.4, -0.2) is 32.9 Å². The van der Waals surface area contributed by atoms with Gasteiger partial charge in [-0.05, 0) is 38.8 Å². The molecule has 0 saturated carbocycles. The van der Waals surface area contributed by atoms with Gasteiger partial charge in [0.1, 0.15) is 5.75 Å². The predicted octanol–water partition coefficient (Wildman–Crippen LogP) is 2.67. The maximum Gasteiger partial charge on any atom is 0.242 e. The Morgan fingerprint density at radius 2 is 2.04 bits per heavy atom. The molecule has 1 aliphatic heterocycles. The second kappa shape index (κ2) is 6.57. The molecule has 1 atom stereocenters. The lowest BCUT2D eigenvalue weighted by Crippen LogP contribution is -2.50. The van der Waals surface area contributed by atoms with Gasteiger partial charge in [-0.25, -0.2) is 4.98 Å². The predicted molar refractivity (Wildman–Crippen MR) is 90.5 cm³/mol. The van der Waals surface area contributed by atoms with Gasteiger partial charge in [-0.3, -0.25) is 9.78 Å². The largest absolute Gasteiger partial charge is 0.437 e. The summed E-state index contributed by atoms with van der Waals surface area (Å²) in [6, 6.07) is 9.33. The van der Waals surface area contributed by atoms with Crippen LogP contribution in [0, 0.1) is 0 Å². The molecule has 1 saturated heterocycles. The number of aromatic nitrogens is 2. The molecule has 126 valence electrons. The highest BCUT2D eigenvalue weighted by Gasteiger charge is 2.37. The van der Waals surface area contributed by atoms with Gasteiger partial charge < -0.3 is 15.4 Å². The molecule has 0 bridgehead atoms. The summed E-state index contributed by atoms with van der Waals surface area (Å²) in [4.78, 5) is 23.1. The van der Waals surface area contributed by atoms with Crippen molar-refractivity contribution in [1.82, 2.24) is 14.9 Å². The third-order valence-corrected chi connectivity index (χ3v) is 4.00. The highest BCUT2D eigenvalue weighted by molar-refractivity contribution is 5.85. The Balaban J connectivity index is 1.81. The van der Waals surface area contributed by atoms with E-state index < -0.39 is 5.54 Å². The van der Waals surface area contributed by atoms with Gasteiger partial charge in [0, 0.05) is 6.54 Å². The van der Waals surface area contributed by atoms with E-state index in [-0.39, 0.29) is 11.9 Å². The zero-order valence-corrected chi connectivity index (χ0v) is 14.0. The Bertz CT molecular complexity index is 712. The molecule has 3 rings (SSSR count). The first-order chi connectivity index (χ1) is 11.4. The topological polar surface area (TPSA) is 81.3 Å². The number of likely N-dealkylation sites (tertiary alicyclic amines) is 1. The molecule has 1 fully saturated rings. The Hall–Kier alpha value is -2.47. The minimum Gasteiger partial charge on any atom is -0.437 e. The van der Waals surface area contributed by atoms with Crippen molar-refractivity contribution in [2.24, 2.45) is 5.73 Å². The lowest BCUT2D eigenvalue weighted by atomic mass is 10.0. The van der Waals surface area contributed by atoms with Gasteiger partial charge in [0.2, 0.25) is 11.8 Å². The number of hydrogen-bond acceptors (Lipinski definition) is 5. The minimum absolute atomic E-state index is 0.0684. The SMILES string of the molecule is CC(C)(N)C(=O)N1CCC[C@H]1c1cncc(Oc2ccccc2)n1. The fraction of sp³-hybridized carbons (Fsp3) is 0.389. The highest BCUT2D eigenvalue weighted by Crippen LogP contribution is 2.33. The fourth-order valence-corrected chi connectivity index (χ4v) is 2.87. The normalized spacial score (nSPS) is 17.8. The van der Waals surface area contributed by atoms with E-state index in [1.807, 2.05) is 30.3 Å². The molecule has 2 N–H and O–H groups in total. The number of nitrogens with zero attached hydrogens (tertiary/aromatic N) is 3. The lowest BCUT2D eigenvalue weighted by molar-refractivity contribution is -0.136. The van der Waals surface area contributed by atoms with Crippen molar-refractivity contribution in [3.8, 4) is 11.6 Å². The summed E-state index contributed by atoms with van der Waals surface area (Å²) < 4.78 is 5.74. The number of hydrogen-bond donors (Lipinski definition) is 1. The third kappa shape index (κ3) is 3.54. The van der Waals surface area contributed by atoms with Crippen molar-refractivity contribution < 1.29 is 9.53 Å². The number of para-hydroxylation sites is 1. The van der Waals surface area contributed by atoms with Crippen LogP contribution in [0.25, 0.3) is 0 Å². The van der Waals surface area contributed by atoms with Crippen LogP contribution < -0.4 is 10.5 Å². The summed E-state index contributed by atoms with van der Waals surface area (Å²) in [6.45, 7) is 4.15. The first-order valence-corrected chi connectivity index (χ1v) is 8.10. The Morgan fingerprint density at radius 1 is 1.29 bits per heavy atom. The lowest BCUT2D eigenvalue weighted by Gasteiger charge is -2.30. The number of carbonyl (C=O) groups is 1. The van der Waals surface area contributed by atoms with Gasteiger partial charge in [-0.2, -0.15) is 0 Å². The van der Waals surface area contributed by atoms with E-state index >= 15 is 0 Å². The minimum atomic E-state index is -0.895. The number of carbonyl (C=O) groups excluding carboxylic acids is 1. The van der Waals surface area contributed by atoms with Gasteiger partial charge >= 0.3 is 0 Å². The second-order valence-electron chi connectivity index (χ2n) is 6.58. The number of ether oxygens (including phenoxy) is 1. The van der Waals surface area contributed by atoms with Crippen molar-refractivity contribution in [3.05, 3.63) is 48.4 Å². The van der Waals surface area contributed by atoms with Crippen molar-refractivity contribution in [2.45, 2.75) is 38.3 Å². The monoisotopic (exact) mass is 326 g/mol. The number of amides is 1. The number of rotatable bonds is 4. The van der Waals surface area contributed by atoms with Crippen LogP contribution in [0.1, 0.15) is 38.4 Å². The number of nitrogens with two attached hydrogens (primary N) is 1. The zero-order chi connectivity index (χ0) is 17.2. The molecule has 0 radical (unpaired) electrons. The van der Waals surface area contributed by atoms with Crippen LogP contribution in [0.15, 0.2) is 42.7 Å². The first-order valence-electron chi connectivity index (χ1n) is 8.10. The number of benzene rings is 1. The van der Waals surface area contributed by atoms with Crippen LogP contribution >= 0.6 is 0 Å². The van der Waals surface area contributed by atoms with E-state index in [9.17, 15) is 4.79 Å². The molecular formula is C18H22N4O2. The molecule has 1 amide bonds. The molecule has 2 heterocycles. The van der Waals surface area contributed by atoms with E-state index in [1.165, 1.54) is 0 Å². The summed E-state index contributed by atoms with van der Waals surface area (Å²) in [5.41, 5.74) is 5.82. The van der Waals surface area contributed by atoms with Gasteiger partial charge in [0.05, 0.1) is 29.7 Å². The maximum atomic E-state index is 12.5. The van der Waals surface area contributed by atoms with Crippen LogP contribution in [0.5, 0.6) is 11.6 Å². The van der Waals surface area contributed by atoms with Crippen LogP contribution in [0.3, 0.4) is 0 Å². The van der Waals surface area contributed by atoms with Gasteiger partial charge in [0.15, 0.2) is 0 Å². The second-order valence-corrected chi connectivity index (χ2v) is 6.58. The first kappa shape index (κ1) is 16.4. The quantitative estimate of drug-likeness (QED) is 0.934. The highest BCUT2D eigenvalue weighted by atomic mass is 16.5. The van der Waals surface area contributed by atoms with Crippen LogP contribution in [0.4, 0.5) is 0 Å². The molecule has 1 aromatic carbocycles. The van der Waals surface area contributed by atoms with E-state index in [4.69, 9.17) is 10.5 Å². The average Bonchev–Trinajstić information content (AvgIpc) is 3.04. The fourth-order valence-electron chi connectivity index (χ4n) is 2.87. The molecule has 1 aliphatic rings. The van der Waals surface area contributed by atoms with Crippen LogP contribution in [0.2, 0.25) is 0 Å². The third-order valence-electron chi connectivity index (χ3n) is 4.00. The van der Waals surface area contributed by atoms with Gasteiger partial charge in [0.25, 0.3) is 0 Å². The van der Waals surface area contributed by atoms with Crippen molar-refractivity contribution in [3.63, 3.8) is 0 Å². The summed E-state index contributed by atoms with van der Waals surface area (Å²) in [5.74, 6) is 1.05. The summed E-state index contributed by atoms with van der Waals surface area (Å²) in [5, 5.41) is 0. The van der Waals surface area contributed by atoms with E-state index in [2.05, 4.69) is 9.97 Å². The molecule has 2 aromatic rings. The molecule has 6 heteroatoms. The average molecular weight is 326 g/mol. The molecular weight excluding hydrogens is 304 g/mol. The molecule has 6 nitrogen and oxygen atoms in total. The Morgan fingerprint density at radius 3 is 2.75 bits per heavy atom. The molecule has 0 aliphatic carbocycles. The Kier molecular flexibility index (Phi) is 4.49. The maximum absolute atomic E-state index is 12.5. The smallest absolute Gasteiger partial charge is 0.242 e. The van der Waals surface area contributed by atoms with Crippen molar-refractivity contribution in [2.75, 3.05) is 6.54 Å².